The lowest BCUT2D eigenvalue weighted by Gasteiger charge is -2.29. The maximum atomic E-state index is 13.0. The molecule has 0 amide bonds. The first kappa shape index (κ1) is 12.2. The zero-order valence-corrected chi connectivity index (χ0v) is 9.87. The van der Waals surface area contributed by atoms with E-state index in [0.717, 1.165) is 25.9 Å². The third kappa shape index (κ3) is 2.24. The molecule has 1 atom stereocenters. The summed E-state index contributed by atoms with van der Waals surface area (Å²) < 4.78 is 26.0. The molecular formula is C12H17F2N3. The Morgan fingerprint density at radius 3 is 2.65 bits per heavy atom. The normalized spacial score (nSPS) is 19.7. The van der Waals surface area contributed by atoms with Gasteiger partial charge in [-0.15, -0.1) is 0 Å². The van der Waals surface area contributed by atoms with Gasteiger partial charge in [-0.05, 0) is 25.8 Å². The first-order chi connectivity index (χ1) is 8.03. The van der Waals surface area contributed by atoms with E-state index < -0.39 is 12.0 Å². The Bertz CT molecular complexity index is 387. The van der Waals surface area contributed by atoms with Gasteiger partial charge in [0.2, 0.25) is 0 Å². The van der Waals surface area contributed by atoms with Crippen molar-refractivity contribution in [2.75, 3.05) is 18.0 Å². The zero-order chi connectivity index (χ0) is 12.5. The fourth-order valence-electron chi connectivity index (χ4n) is 2.12. The zero-order valence-electron chi connectivity index (χ0n) is 9.87. The molecule has 0 radical (unpaired) electrons. The number of hydrogen-bond acceptors (Lipinski definition) is 3. The summed E-state index contributed by atoms with van der Waals surface area (Å²) in [5, 5.41) is 0. The number of aromatic nitrogens is 1. The maximum Gasteiger partial charge on any atom is 0.260 e. The molecule has 94 valence electrons. The van der Waals surface area contributed by atoms with E-state index in [1.807, 2.05) is 4.90 Å². The second-order valence-electron chi connectivity index (χ2n) is 4.65. The fraction of sp³-hybridized carbons (Fsp3) is 0.583. The monoisotopic (exact) mass is 241 g/mol. The van der Waals surface area contributed by atoms with Crippen molar-refractivity contribution in [3.63, 3.8) is 0 Å². The van der Waals surface area contributed by atoms with Gasteiger partial charge in [0.05, 0.1) is 0 Å². The molecule has 1 aromatic rings. The van der Waals surface area contributed by atoms with Crippen molar-refractivity contribution in [3.8, 4) is 0 Å². The molecule has 1 aromatic heterocycles. The van der Waals surface area contributed by atoms with Crippen LogP contribution < -0.4 is 10.6 Å². The minimum atomic E-state index is -2.60. The molecule has 1 fully saturated rings. The van der Waals surface area contributed by atoms with Crippen LogP contribution in [0.2, 0.25) is 0 Å². The molecule has 17 heavy (non-hydrogen) atoms. The maximum absolute atomic E-state index is 13.0. The van der Waals surface area contributed by atoms with E-state index in [-0.39, 0.29) is 0 Å². The number of anilines is 1. The molecule has 5 heteroatoms. The van der Waals surface area contributed by atoms with Crippen LogP contribution in [-0.4, -0.2) is 24.5 Å². The van der Waals surface area contributed by atoms with Crippen LogP contribution in [-0.2, 0) is 5.54 Å². The van der Waals surface area contributed by atoms with E-state index >= 15 is 0 Å². The lowest BCUT2D eigenvalue weighted by atomic mass is 9.94. The summed E-state index contributed by atoms with van der Waals surface area (Å²) in [6.07, 6.45) is 1.17. The predicted octanol–water partition coefficient (Wildman–Crippen LogP) is 2.12. The predicted molar refractivity (Wildman–Crippen MR) is 63.2 cm³/mol. The number of halogens is 2. The molecule has 0 aliphatic carbocycles. The Morgan fingerprint density at radius 1 is 1.41 bits per heavy atom. The fourth-order valence-corrected chi connectivity index (χ4v) is 2.12. The van der Waals surface area contributed by atoms with Crippen LogP contribution >= 0.6 is 0 Å². The minimum Gasteiger partial charge on any atom is -0.356 e. The molecular weight excluding hydrogens is 224 g/mol. The highest BCUT2D eigenvalue weighted by Gasteiger charge is 2.36. The summed E-state index contributed by atoms with van der Waals surface area (Å²) >= 11 is 0. The van der Waals surface area contributed by atoms with E-state index in [4.69, 9.17) is 5.73 Å². The molecule has 1 saturated heterocycles. The van der Waals surface area contributed by atoms with E-state index in [9.17, 15) is 8.78 Å². The number of rotatable bonds is 3. The number of alkyl halides is 2. The molecule has 0 bridgehead atoms. The minimum absolute atomic E-state index is 0.428. The van der Waals surface area contributed by atoms with Gasteiger partial charge in [-0.25, -0.2) is 13.8 Å². The molecule has 0 aromatic carbocycles. The largest absolute Gasteiger partial charge is 0.356 e. The number of nitrogens with zero attached hydrogens (tertiary/aromatic N) is 2. The van der Waals surface area contributed by atoms with Crippen LogP contribution in [0.15, 0.2) is 18.3 Å². The van der Waals surface area contributed by atoms with Crippen LogP contribution in [0.4, 0.5) is 14.6 Å². The van der Waals surface area contributed by atoms with Gasteiger partial charge in [0.1, 0.15) is 11.4 Å². The van der Waals surface area contributed by atoms with Gasteiger partial charge in [-0.3, -0.25) is 0 Å². The second kappa shape index (κ2) is 4.56. The Labute approximate surface area is 99.6 Å². The standard InChI is InChI=1S/C12H17F2N3/c1-12(15,11(13)14)9-5-4-6-16-10(9)17-7-2-3-8-17/h4-6,11H,2-3,7-8,15H2,1H3. The van der Waals surface area contributed by atoms with Crippen LogP contribution in [0, 0.1) is 0 Å². The number of pyridine rings is 1. The van der Waals surface area contributed by atoms with Gasteiger partial charge >= 0.3 is 0 Å². The SMILES string of the molecule is CC(N)(c1cccnc1N1CCCC1)C(F)F. The molecule has 2 rings (SSSR count). The Hall–Kier alpha value is -1.23. The molecule has 0 spiro atoms. The first-order valence-electron chi connectivity index (χ1n) is 5.81. The molecule has 3 nitrogen and oxygen atoms in total. The van der Waals surface area contributed by atoms with E-state index in [1.165, 1.54) is 6.92 Å². The summed E-state index contributed by atoms with van der Waals surface area (Å²) in [6, 6.07) is 3.30. The molecule has 2 N–H and O–H groups in total. The molecule has 1 aliphatic heterocycles. The second-order valence-corrected chi connectivity index (χ2v) is 4.65. The highest BCUT2D eigenvalue weighted by molar-refractivity contribution is 5.51. The van der Waals surface area contributed by atoms with Gasteiger partial charge < -0.3 is 10.6 Å². The Morgan fingerprint density at radius 2 is 2.06 bits per heavy atom. The van der Waals surface area contributed by atoms with Crippen LogP contribution in [0.1, 0.15) is 25.3 Å². The molecule has 1 aliphatic rings. The average molecular weight is 241 g/mol. The van der Waals surface area contributed by atoms with Crippen LogP contribution in [0.25, 0.3) is 0 Å². The number of nitrogens with two attached hydrogens (primary N) is 1. The van der Waals surface area contributed by atoms with Gasteiger partial charge in [-0.1, -0.05) is 6.07 Å². The highest BCUT2D eigenvalue weighted by Crippen LogP contribution is 2.32. The van der Waals surface area contributed by atoms with Gasteiger partial charge in [-0.2, -0.15) is 0 Å². The summed E-state index contributed by atoms with van der Waals surface area (Å²) in [5.41, 5.74) is 4.51. The van der Waals surface area contributed by atoms with Gasteiger partial charge in [0, 0.05) is 24.8 Å². The summed E-state index contributed by atoms with van der Waals surface area (Å²) in [5.74, 6) is 0.607. The topological polar surface area (TPSA) is 42.1 Å². The highest BCUT2D eigenvalue weighted by atomic mass is 19.3. The lowest BCUT2D eigenvalue weighted by molar-refractivity contribution is 0.0626. The van der Waals surface area contributed by atoms with Crippen molar-refractivity contribution in [2.45, 2.75) is 31.7 Å². The lowest BCUT2D eigenvalue weighted by Crippen LogP contribution is -2.42. The van der Waals surface area contributed by atoms with Crippen molar-refractivity contribution < 1.29 is 8.78 Å². The van der Waals surface area contributed by atoms with Crippen molar-refractivity contribution in [1.29, 1.82) is 0 Å². The number of hydrogen-bond donors (Lipinski definition) is 1. The van der Waals surface area contributed by atoms with Crippen molar-refractivity contribution in [1.82, 2.24) is 4.98 Å². The quantitative estimate of drug-likeness (QED) is 0.881. The summed E-state index contributed by atoms with van der Waals surface area (Å²) in [6.45, 7) is 3.08. The van der Waals surface area contributed by atoms with Crippen LogP contribution in [0.5, 0.6) is 0 Å². The smallest absolute Gasteiger partial charge is 0.260 e. The van der Waals surface area contributed by atoms with Gasteiger partial charge in [0.15, 0.2) is 0 Å². The summed E-state index contributed by atoms with van der Waals surface area (Å²) in [4.78, 5) is 6.25. The van der Waals surface area contributed by atoms with Gasteiger partial charge in [0.25, 0.3) is 6.43 Å². The van der Waals surface area contributed by atoms with Crippen molar-refractivity contribution >= 4 is 5.82 Å². The molecule has 0 saturated carbocycles. The molecule has 1 unspecified atom stereocenters. The van der Waals surface area contributed by atoms with E-state index in [2.05, 4.69) is 4.98 Å². The Balaban J connectivity index is 2.39. The van der Waals surface area contributed by atoms with Crippen molar-refractivity contribution in [3.05, 3.63) is 23.9 Å². The third-order valence-corrected chi connectivity index (χ3v) is 3.23. The van der Waals surface area contributed by atoms with Crippen molar-refractivity contribution in [2.24, 2.45) is 5.73 Å². The first-order valence-corrected chi connectivity index (χ1v) is 5.81. The van der Waals surface area contributed by atoms with E-state index in [1.54, 1.807) is 18.3 Å². The molecule has 2 heterocycles. The average Bonchev–Trinajstić information content (AvgIpc) is 2.82. The summed E-state index contributed by atoms with van der Waals surface area (Å²) in [7, 11) is 0. The van der Waals surface area contributed by atoms with Crippen LogP contribution in [0.3, 0.4) is 0 Å². The Kier molecular flexibility index (Phi) is 3.28. The third-order valence-electron chi connectivity index (χ3n) is 3.23. The van der Waals surface area contributed by atoms with E-state index in [0.29, 0.717) is 11.4 Å².